The molecular weight excluding hydrogens is 216 g/mol. The van der Waals surface area contributed by atoms with E-state index in [1.165, 1.54) is 32.1 Å². The molecule has 0 saturated heterocycles. The lowest BCUT2D eigenvalue weighted by Gasteiger charge is -2.10. The molecular formula is C14H28O3. The lowest BCUT2D eigenvalue weighted by Crippen LogP contribution is -2.15. The Morgan fingerprint density at radius 1 is 1.00 bits per heavy atom. The number of ether oxygens (including phenoxy) is 2. The molecule has 3 nitrogen and oxygen atoms in total. The van der Waals surface area contributed by atoms with Gasteiger partial charge in [0.15, 0.2) is 0 Å². The minimum absolute atomic E-state index is 0.0449. The first-order valence-corrected chi connectivity index (χ1v) is 7.04. The third-order valence-corrected chi connectivity index (χ3v) is 2.84. The first-order valence-electron chi connectivity index (χ1n) is 7.04. The van der Waals surface area contributed by atoms with Gasteiger partial charge in [0.1, 0.15) is 6.10 Å². The number of carbonyl (C=O) groups excluding carboxylic acids is 1. The number of hydrogen-bond acceptors (Lipinski definition) is 3. The van der Waals surface area contributed by atoms with Gasteiger partial charge in [0.25, 0.3) is 0 Å². The van der Waals surface area contributed by atoms with Crippen LogP contribution in [0.25, 0.3) is 0 Å². The first kappa shape index (κ1) is 16.3. The van der Waals surface area contributed by atoms with Crippen molar-refractivity contribution in [3.63, 3.8) is 0 Å². The number of rotatable bonds is 10. The molecule has 0 aliphatic rings. The van der Waals surface area contributed by atoms with Crippen molar-refractivity contribution >= 4 is 6.16 Å². The molecule has 0 heterocycles. The summed E-state index contributed by atoms with van der Waals surface area (Å²) >= 11 is 0. The van der Waals surface area contributed by atoms with Gasteiger partial charge in [-0.2, -0.15) is 0 Å². The van der Waals surface area contributed by atoms with E-state index in [-0.39, 0.29) is 6.10 Å². The maximum absolute atomic E-state index is 11.1. The van der Waals surface area contributed by atoms with Crippen LogP contribution in [0.1, 0.15) is 72.1 Å². The molecule has 0 bridgehead atoms. The van der Waals surface area contributed by atoms with Crippen LogP contribution in [-0.4, -0.2) is 18.9 Å². The van der Waals surface area contributed by atoms with Crippen LogP contribution in [0.3, 0.4) is 0 Å². The maximum Gasteiger partial charge on any atom is 0.508 e. The van der Waals surface area contributed by atoms with Gasteiger partial charge >= 0.3 is 6.16 Å². The van der Waals surface area contributed by atoms with Crippen LogP contribution in [0, 0.1) is 0 Å². The number of unbranched alkanes of at least 4 members (excludes halogenated alkanes) is 6. The van der Waals surface area contributed by atoms with Gasteiger partial charge in [-0.05, 0) is 19.8 Å². The van der Waals surface area contributed by atoms with Crippen LogP contribution in [-0.2, 0) is 9.47 Å². The molecule has 0 spiro atoms. The highest BCUT2D eigenvalue weighted by atomic mass is 16.7. The van der Waals surface area contributed by atoms with Gasteiger partial charge in [-0.25, -0.2) is 4.79 Å². The lowest BCUT2D eigenvalue weighted by atomic mass is 10.1. The highest BCUT2D eigenvalue weighted by Gasteiger charge is 2.07. The molecule has 1 atom stereocenters. The lowest BCUT2D eigenvalue weighted by molar-refractivity contribution is 0.0272. The Hall–Kier alpha value is -0.730. The predicted octanol–water partition coefficient (Wildman–Crippen LogP) is 4.69. The molecule has 0 rings (SSSR count). The summed E-state index contributed by atoms with van der Waals surface area (Å²) in [5.74, 6) is 0. The molecule has 0 saturated carbocycles. The molecule has 102 valence electrons. The number of hydrogen-bond donors (Lipinski definition) is 0. The summed E-state index contributed by atoms with van der Waals surface area (Å²) in [6.07, 6.45) is 8.82. The summed E-state index contributed by atoms with van der Waals surface area (Å²) in [5.41, 5.74) is 0. The molecule has 0 radical (unpaired) electrons. The molecule has 0 aliphatic heterocycles. The van der Waals surface area contributed by atoms with E-state index in [0.29, 0.717) is 6.61 Å². The number of carbonyl (C=O) groups is 1. The summed E-state index contributed by atoms with van der Waals surface area (Å²) in [4.78, 5) is 11.1. The molecule has 0 fully saturated rings. The van der Waals surface area contributed by atoms with Gasteiger partial charge in [-0.15, -0.1) is 0 Å². The first-order chi connectivity index (χ1) is 8.20. The Balaban J connectivity index is 3.19. The van der Waals surface area contributed by atoms with Crippen molar-refractivity contribution < 1.29 is 14.3 Å². The second-order valence-corrected chi connectivity index (χ2v) is 4.56. The van der Waals surface area contributed by atoms with Gasteiger partial charge in [-0.3, -0.25) is 0 Å². The molecule has 0 aromatic carbocycles. The third kappa shape index (κ3) is 11.5. The van der Waals surface area contributed by atoms with Crippen LogP contribution in [0.5, 0.6) is 0 Å². The Morgan fingerprint density at radius 3 is 2.18 bits per heavy atom. The Bertz CT molecular complexity index is 180. The van der Waals surface area contributed by atoms with Crippen molar-refractivity contribution in [1.29, 1.82) is 0 Å². The summed E-state index contributed by atoms with van der Waals surface area (Å²) < 4.78 is 9.98. The Kier molecular flexibility index (Phi) is 11.2. The van der Waals surface area contributed by atoms with E-state index in [0.717, 1.165) is 19.3 Å². The summed E-state index contributed by atoms with van der Waals surface area (Å²) in [6.45, 7) is 6.56. The summed E-state index contributed by atoms with van der Waals surface area (Å²) in [6, 6.07) is 0. The fourth-order valence-corrected chi connectivity index (χ4v) is 1.50. The van der Waals surface area contributed by atoms with Gasteiger partial charge in [0.05, 0.1) is 6.61 Å². The van der Waals surface area contributed by atoms with Gasteiger partial charge in [0.2, 0.25) is 0 Å². The quantitative estimate of drug-likeness (QED) is 0.413. The second-order valence-electron chi connectivity index (χ2n) is 4.56. The van der Waals surface area contributed by atoms with E-state index in [2.05, 4.69) is 6.92 Å². The van der Waals surface area contributed by atoms with Crippen LogP contribution in [0.15, 0.2) is 0 Å². The average Bonchev–Trinajstić information content (AvgIpc) is 2.32. The largest absolute Gasteiger partial charge is 0.508 e. The molecule has 0 N–H and O–H groups in total. The standard InChI is InChI=1S/C14H28O3/c1-4-6-7-8-9-10-11-12-16-14(15)17-13(3)5-2/h13H,4-12H2,1-3H3. The van der Waals surface area contributed by atoms with Crippen molar-refractivity contribution in [3.8, 4) is 0 Å². The zero-order valence-corrected chi connectivity index (χ0v) is 11.7. The normalized spacial score (nSPS) is 12.2. The summed E-state index contributed by atoms with van der Waals surface area (Å²) in [7, 11) is 0. The van der Waals surface area contributed by atoms with Gasteiger partial charge < -0.3 is 9.47 Å². The molecule has 0 aromatic heterocycles. The molecule has 0 amide bonds. The predicted molar refractivity (Wildman–Crippen MR) is 70.2 cm³/mol. The van der Waals surface area contributed by atoms with Crippen LogP contribution >= 0.6 is 0 Å². The molecule has 17 heavy (non-hydrogen) atoms. The zero-order valence-electron chi connectivity index (χ0n) is 11.7. The topological polar surface area (TPSA) is 35.5 Å². The van der Waals surface area contributed by atoms with E-state index >= 15 is 0 Å². The van der Waals surface area contributed by atoms with Crippen molar-refractivity contribution in [1.82, 2.24) is 0 Å². The fourth-order valence-electron chi connectivity index (χ4n) is 1.50. The smallest absolute Gasteiger partial charge is 0.434 e. The molecule has 0 aromatic rings. The van der Waals surface area contributed by atoms with Crippen molar-refractivity contribution in [2.24, 2.45) is 0 Å². The minimum Gasteiger partial charge on any atom is -0.434 e. The Labute approximate surface area is 106 Å². The van der Waals surface area contributed by atoms with Gasteiger partial charge in [-0.1, -0.05) is 52.4 Å². The highest BCUT2D eigenvalue weighted by Crippen LogP contribution is 2.07. The van der Waals surface area contributed by atoms with E-state index in [4.69, 9.17) is 9.47 Å². The van der Waals surface area contributed by atoms with Crippen LogP contribution in [0.2, 0.25) is 0 Å². The zero-order chi connectivity index (χ0) is 12.9. The van der Waals surface area contributed by atoms with E-state index < -0.39 is 6.16 Å². The second kappa shape index (κ2) is 11.7. The maximum atomic E-state index is 11.1. The SMILES string of the molecule is CCCCCCCCCOC(=O)OC(C)CC. The Morgan fingerprint density at radius 2 is 1.59 bits per heavy atom. The fraction of sp³-hybridized carbons (Fsp3) is 0.929. The molecule has 1 unspecified atom stereocenters. The van der Waals surface area contributed by atoms with Crippen LogP contribution < -0.4 is 0 Å². The minimum atomic E-state index is -0.523. The third-order valence-electron chi connectivity index (χ3n) is 2.84. The van der Waals surface area contributed by atoms with E-state index in [1.54, 1.807) is 0 Å². The van der Waals surface area contributed by atoms with Crippen molar-refractivity contribution in [2.45, 2.75) is 78.2 Å². The van der Waals surface area contributed by atoms with Crippen molar-refractivity contribution in [2.75, 3.05) is 6.61 Å². The van der Waals surface area contributed by atoms with Crippen LogP contribution in [0.4, 0.5) is 4.79 Å². The average molecular weight is 244 g/mol. The molecule has 3 heteroatoms. The van der Waals surface area contributed by atoms with Gasteiger partial charge in [0, 0.05) is 0 Å². The van der Waals surface area contributed by atoms with Crippen molar-refractivity contribution in [3.05, 3.63) is 0 Å². The summed E-state index contributed by atoms with van der Waals surface area (Å²) in [5, 5.41) is 0. The van der Waals surface area contributed by atoms with E-state index in [9.17, 15) is 4.79 Å². The highest BCUT2D eigenvalue weighted by molar-refractivity contribution is 5.59. The van der Waals surface area contributed by atoms with E-state index in [1.807, 2.05) is 13.8 Å². The molecule has 0 aliphatic carbocycles. The monoisotopic (exact) mass is 244 g/mol.